The van der Waals surface area contributed by atoms with Crippen LogP contribution in [-0.2, 0) is 0 Å². The summed E-state index contributed by atoms with van der Waals surface area (Å²) in [7, 11) is 0. The van der Waals surface area contributed by atoms with Crippen LogP contribution in [0.1, 0.15) is 0 Å². The Labute approximate surface area is 63.7 Å². The summed E-state index contributed by atoms with van der Waals surface area (Å²) in [5.41, 5.74) is 0. The minimum absolute atomic E-state index is 0. The van der Waals surface area contributed by atoms with Crippen molar-refractivity contribution >= 4 is 45.5 Å². The zero-order chi connectivity index (χ0) is 0. The molecule has 0 N–H and O–H groups in total. The van der Waals surface area contributed by atoms with Crippen molar-refractivity contribution < 1.29 is 18.8 Å². The Morgan fingerprint density at radius 1 is 0.400 bits per heavy atom. The molecule has 0 saturated heterocycles. The smallest absolute Gasteiger partial charge is 1.00 e. The van der Waals surface area contributed by atoms with Gasteiger partial charge in [-0.05, 0) is 0 Å². The van der Waals surface area contributed by atoms with Gasteiger partial charge in [0.15, 0.2) is 0 Å². The van der Waals surface area contributed by atoms with Crippen molar-refractivity contribution in [3.63, 3.8) is 0 Å². The molecule has 0 aliphatic heterocycles. The first-order valence-electron chi connectivity index (χ1n) is 0. The quantitative estimate of drug-likeness (QED) is 0.246. The molecule has 0 fully saturated rings. The topological polar surface area (TPSA) is 0 Å². The summed E-state index contributed by atoms with van der Waals surface area (Å²) in [6, 6.07) is 0. The van der Waals surface area contributed by atoms with Crippen LogP contribution in [-0.4, -0.2) is 45.5 Å². The predicted molar refractivity (Wildman–Crippen MR) is 5.75 cm³/mol. The van der Waals surface area contributed by atoms with Crippen LogP contribution in [0, 0.1) is 0 Å². The summed E-state index contributed by atoms with van der Waals surface area (Å²) in [5, 5.41) is 0. The van der Waals surface area contributed by atoms with E-state index in [1.807, 2.05) is 0 Å². The first kappa shape index (κ1) is 116. The van der Waals surface area contributed by atoms with E-state index in [0.29, 0.717) is 0 Å². The van der Waals surface area contributed by atoms with Gasteiger partial charge in [-0.1, -0.05) is 0 Å². The first-order valence-corrected chi connectivity index (χ1v) is 0. The normalized spacial score (nSPS) is 0. The molecule has 0 spiro atoms. The van der Waals surface area contributed by atoms with Gasteiger partial charge in [-0.2, -0.15) is 0 Å². The van der Waals surface area contributed by atoms with E-state index in [0.717, 1.165) is 0 Å². The molecule has 0 unspecified atom stereocenters. The zero-order valence-corrected chi connectivity index (χ0v) is 5.70. The van der Waals surface area contributed by atoms with Gasteiger partial charge in [-0.25, -0.2) is 0 Å². The SMILES string of the molecule is [F-].[F-].[F-].[F-].[Sr+2]. The maximum atomic E-state index is 0. The van der Waals surface area contributed by atoms with Crippen LogP contribution in [0.25, 0.3) is 0 Å². The van der Waals surface area contributed by atoms with Gasteiger partial charge < -0.3 is 18.8 Å². The number of rotatable bonds is 0. The summed E-state index contributed by atoms with van der Waals surface area (Å²) in [6.45, 7) is 0. The minimum Gasteiger partial charge on any atom is -1.00 e. The number of halogens is 4. The van der Waals surface area contributed by atoms with Gasteiger partial charge in [0.1, 0.15) is 0 Å². The largest absolute Gasteiger partial charge is 2.00 e. The molecule has 0 radical (unpaired) electrons. The van der Waals surface area contributed by atoms with Gasteiger partial charge in [0.25, 0.3) is 0 Å². The third-order valence-electron chi connectivity index (χ3n) is 0. The van der Waals surface area contributed by atoms with E-state index in [-0.39, 0.29) is 64.3 Å². The van der Waals surface area contributed by atoms with E-state index in [9.17, 15) is 0 Å². The molecule has 32 valence electrons. The Kier molecular flexibility index (Phi) is 1480. The van der Waals surface area contributed by atoms with Crippen LogP contribution >= 0.6 is 0 Å². The molecule has 0 bridgehead atoms. The summed E-state index contributed by atoms with van der Waals surface area (Å²) in [6.07, 6.45) is 0. The van der Waals surface area contributed by atoms with Crippen molar-refractivity contribution in [2.24, 2.45) is 0 Å². The van der Waals surface area contributed by atoms with E-state index in [1.54, 1.807) is 0 Å². The van der Waals surface area contributed by atoms with Crippen molar-refractivity contribution in [2.45, 2.75) is 0 Å². The maximum absolute atomic E-state index is 0. The average Bonchev–Trinajstić information content (AvgIpc) is 0. The second kappa shape index (κ2) is 63.7. The molecule has 0 atom stereocenters. The molecule has 0 saturated carbocycles. The number of hydrogen-bond donors (Lipinski definition) is 0. The van der Waals surface area contributed by atoms with Crippen molar-refractivity contribution in [1.82, 2.24) is 0 Å². The Bertz CT molecular complexity index is 3.61. The Balaban J connectivity index is 0. The molecule has 0 amide bonds. The van der Waals surface area contributed by atoms with Crippen LogP contribution in [0.15, 0.2) is 0 Å². The van der Waals surface area contributed by atoms with E-state index < -0.39 is 0 Å². The summed E-state index contributed by atoms with van der Waals surface area (Å²) in [4.78, 5) is 0. The molecule has 0 nitrogen and oxygen atoms in total. The molecular weight excluding hydrogens is 164 g/mol. The minimum atomic E-state index is 0. The molecule has 5 heteroatoms. The van der Waals surface area contributed by atoms with Crippen LogP contribution < -0.4 is 18.8 Å². The van der Waals surface area contributed by atoms with E-state index >= 15 is 0 Å². The molecular formula is F4Sr-2. The molecule has 0 aromatic rings. The monoisotopic (exact) mass is 164 g/mol. The molecule has 0 rings (SSSR count). The van der Waals surface area contributed by atoms with Crippen molar-refractivity contribution in [3.05, 3.63) is 0 Å². The fourth-order valence-electron chi connectivity index (χ4n) is 0. The van der Waals surface area contributed by atoms with Crippen LogP contribution in [0.5, 0.6) is 0 Å². The molecule has 0 aromatic heterocycles. The Hall–Kier alpha value is 1.20. The van der Waals surface area contributed by atoms with Gasteiger partial charge in [0, 0.05) is 0 Å². The second-order valence-corrected chi connectivity index (χ2v) is 0. The average molecular weight is 164 g/mol. The summed E-state index contributed by atoms with van der Waals surface area (Å²) < 4.78 is 0. The fraction of sp³-hybridized carbons (Fsp3) is 0. The molecule has 5 heavy (non-hydrogen) atoms. The van der Waals surface area contributed by atoms with Crippen LogP contribution in [0.2, 0.25) is 0 Å². The molecule has 0 aliphatic carbocycles. The second-order valence-electron chi connectivity index (χ2n) is 0. The fourth-order valence-corrected chi connectivity index (χ4v) is 0. The van der Waals surface area contributed by atoms with Gasteiger partial charge in [0.2, 0.25) is 0 Å². The van der Waals surface area contributed by atoms with Gasteiger partial charge in [0.05, 0.1) is 0 Å². The van der Waals surface area contributed by atoms with E-state index in [1.165, 1.54) is 0 Å². The number of hydrogen-bond acceptors (Lipinski definition) is 0. The maximum Gasteiger partial charge on any atom is 2.00 e. The van der Waals surface area contributed by atoms with Gasteiger partial charge in [-0.15, -0.1) is 0 Å². The van der Waals surface area contributed by atoms with Crippen molar-refractivity contribution in [3.8, 4) is 0 Å². The summed E-state index contributed by atoms with van der Waals surface area (Å²) >= 11 is 0. The molecule has 0 aliphatic rings. The zero-order valence-electron chi connectivity index (χ0n) is 2.22. The molecule has 0 aromatic carbocycles. The van der Waals surface area contributed by atoms with Crippen LogP contribution in [0.3, 0.4) is 0 Å². The van der Waals surface area contributed by atoms with Crippen molar-refractivity contribution in [2.75, 3.05) is 0 Å². The summed E-state index contributed by atoms with van der Waals surface area (Å²) in [5.74, 6) is 0. The van der Waals surface area contributed by atoms with E-state index in [4.69, 9.17) is 0 Å². The molecule has 0 heterocycles. The first-order chi connectivity index (χ1) is 0. The van der Waals surface area contributed by atoms with Gasteiger partial charge in [-0.3, -0.25) is 0 Å². The Morgan fingerprint density at radius 3 is 0.400 bits per heavy atom. The third kappa shape index (κ3) is 37.0. The van der Waals surface area contributed by atoms with Gasteiger partial charge >= 0.3 is 45.5 Å². The standard InChI is InChI=1S/4FH.Sr/h4*1H;/q;;;;+2/p-4. The Morgan fingerprint density at radius 2 is 0.400 bits per heavy atom. The third-order valence-corrected chi connectivity index (χ3v) is 0. The predicted octanol–water partition coefficient (Wildman–Crippen LogP) is -12.4. The van der Waals surface area contributed by atoms with Crippen molar-refractivity contribution in [1.29, 1.82) is 0 Å². The van der Waals surface area contributed by atoms with E-state index in [2.05, 4.69) is 0 Å². The van der Waals surface area contributed by atoms with Crippen LogP contribution in [0.4, 0.5) is 0 Å².